The molecular weight excluding hydrogens is 280 g/mol. The van der Waals surface area contributed by atoms with Crippen molar-refractivity contribution >= 4 is 12.2 Å². The van der Waals surface area contributed by atoms with E-state index in [4.69, 9.17) is 4.74 Å². The van der Waals surface area contributed by atoms with Crippen LogP contribution in [-0.2, 0) is 9.59 Å². The van der Waals surface area contributed by atoms with E-state index in [0.29, 0.717) is 13.1 Å². The highest BCUT2D eigenvalue weighted by molar-refractivity contribution is 5.89. The summed E-state index contributed by atoms with van der Waals surface area (Å²) in [5, 5.41) is 3.21. The summed E-state index contributed by atoms with van der Waals surface area (Å²) in [6.07, 6.45) is 2.45. The number of hydrogen-bond donors (Lipinski definition) is 1. The molecule has 0 bridgehead atoms. The van der Waals surface area contributed by atoms with Gasteiger partial charge in [-0.2, -0.15) is 0 Å². The molecule has 1 aliphatic rings. The predicted molar refractivity (Wildman–Crippen MR) is 85.0 cm³/mol. The molecule has 2 rings (SSSR count). The first-order valence-corrected chi connectivity index (χ1v) is 7.42. The van der Waals surface area contributed by atoms with Gasteiger partial charge in [-0.05, 0) is 24.6 Å². The molecule has 0 spiro atoms. The minimum atomic E-state index is -0.405. The quantitative estimate of drug-likeness (QED) is 0.659. The summed E-state index contributed by atoms with van der Waals surface area (Å²) in [4.78, 5) is 25.5. The van der Waals surface area contributed by atoms with Gasteiger partial charge < -0.3 is 19.7 Å². The molecule has 5 heteroatoms. The summed E-state index contributed by atoms with van der Waals surface area (Å²) in [6, 6.07) is 7.34. The van der Waals surface area contributed by atoms with E-state index < -0.39 is 5.92 Å². The van der Waals surface area contributed by atoms with Crippen molar-refractivity contribution < 1.29 is 14.3 Å². The third-order valence-electron chi connectivity index (χ3n) is 3.88. The van der Waals surface area contributed by atoms with E-state index in [1.807, 2.05) is 31.2 Å². The third kappa shape index (κ3) is 3.95. The van der Waals surface area contributed by atoms with Crippen LogP contribution >= 0.6 is 0 Å². The number of hydrogen-bond acceptors (Lipinski definition) is 4. The summed E-state index contributed by atoms with van der Waals surface area (Å²) in [5.74, 6) is 0.309. The Labute approximate surface area is 130 Å². The summed E-state index contributed by atoms with van der Waals surface area (Å²) in [7, 11) is 1.60. The number of nitrogens with one attached hydrogen (secondary N) is 1. The Hall–Kier alpha value is -2.14. The normalized spacial score (nSPS) is 17.0. The molecule has 5 nitrogen and oxygen atoms in total. The molecule has 1 saturated heterocycles. The molecular formula is C17H22N2O3. The standard InChI is InChI=1S/C17H22N2O3/c1-13(11-17(21)19-9-7-18-8-10-19)16(12-20)14-3-5-15(22-2)6-4-14/h3-6,11-12,16,18H,7-10H2,1-2H3/b13-11+. The Morgan fingerprint density at radius 2 is 1.91 bits per heavy atom. The molecule has 1 aliphatic heterocycles. The first kappa shape index (κ1) is 16.2. The van der Waals surface area contributed by atoms with Crippen molar-refractivity contribution in [3.63, 3.8) is 0 Å². The summed E-state index contributed by atoms with van der Waals surface area (Å²) >= 11 is 0. The highest BCUT2D eigenvalue weighted by Crippen LogP contribution is 2.24. The lowest BCUT2D eigenvalue weighted by Crippen LogP contribution is -2.45. The Balaban J connectivity index is 2.12. The van der Waals surface area contributed by atoms with Gasteiger partial charge in [0, 0.05) is 32.3 Å². The summed E-state index contributed by atoms with van der Waals surface area (Å²) < 4.78 is 5.12. The van der Waals surface area contributed by atoms with Crippen molar-refractivity contribution in [1.82, 2.24) is 10.2 Å². The van der Waals surface area contributed by atoms with Crippen molar-refractivity contribution in [2.24, 2.45) is 0 Å². The van der Waals surface area contributed by atoms with Gasteiger partial charge in [0.25, 0.3) is 0 Å². The maximum Gasteiger partial charge on any atom is 0.246 e. The van der Waals surface area contributed by atoms with Gasteiger partial charge in [0.05, 0.1) is 13.0 Å². The SMILES string of the molecule is COc1ccc(C(C=O)/C(C)=C/C(=O)N2CCNCC2)cc1. The minimum absolute atomic E-state index is 0.0284. The number of benzene rings is 1. The Kier molecular flexibility index (Phi) is 5.72. The number of ether oxygens (including phenoxy) is 1. The molecule has 0 saturated carbocycles. The van der Waals surface area contributed by atoms with Crippen LogP contribution in [0.2, 0.25) is 0 Å². The molecule has 1 fully saturated rings. The van der Waals surface area contributed by atoms with Crippen LogP contribution < -0.4 is 10.1 Å². The molecule has 1 amide bonds. The molecule has 0 aromatic heterocycles. The van der Waals surface area contributed by atoms with Gasteiger partial charge in [0.1, 0.15) is 12.0 Å². The zero-order valence-electron chi connectivity index (χ0n) is 13.0. The third-order valence-corrected chi connectivity index (χ3v) is 3.88. The number of aldehydes is 1. The first-order valence-electron chi connectivity index (χ1n) is 7.42. The van der Waals surface area contributed by atoms with Crippen LogP contribution in [0.1, 0.15) is 18.4 Å². The van der Waals surface area contributed by atoms with Crippen LogP contribution in [0.3, 0.4) is 0 Å². The number of allylic oxidation sites excluding steroid dienone is 1. The smallest absolute Gasteiger partial charge is 0.246 e. The molecule has 1 heterocycles. The number of methoxy groups -OCH3 is 1. The average molecular weight is 302 g/mol. The van der Waals surface area contributed by atoms with E-state index in [9.17, 15) is 9.59 Å². The first-order chi connectivity index (χ1) is 10.7. The number of nitrogens with zero attached hydrogens (tertiary/aromatic N) is 1. The van der Waals surface area contributed by atoms with Crippen molar-refractivity contribution in [2.75, 3.05) is 33.3 Å². The molecule has 1 aromatic rings. The van der Waals surface area contributed by atoms with Gasteiger partial charge >= 0.3 is 0 Å². The van der Waals surface area contributed by atoms with E-state index in [1.54, 1.807) is 18.1 Å². The van der Waals surface area contributed by atoms with Crippen molar-refractivity contribution in [2.45, 2.75) is 12.8 Å². The van der Waals surface area contributed by atoms with Gasteiger partial charge in [0.15, 0.2) is 0 Å². The highest BCUT2D eigenvalue weighted by atomic mass is 16.5. The second kappa shape index (κ2) is 7.75. The van der Waals surface area contributed by atoms with Gasteiger partial charge in [-0.25, -0.2) is 0 Å². The zero-order chi connectivity index (χ0) is 15.9. The van der Waals surface area contributed by atoms with Crippen molar-refractivity contribution in [1.29, 1.82) is 0 Å². The van der Waals surface area contributed by atoms with Gasteiger partial charge in [-0.15, -0.1) is 0 Å². The highest BCUT2D eigenvalue weighted by Gasteiger charge is 2.18. The number of amides is 1. The van der Waals surface area contributed by atoms with Crippen LogP contribution in [0.15, 0.2) is 35.9 Å². The zero-order valence-corrected chi connectivity index (χ0v) is 13.0. The Morgan fingerprint density at radius 1 is 1.27 bits per heavy atom. The van der Waals surface area contributed by atoms with Crippen molar-refractivity contribution in [3.05, 3.63) is 41.5 Å². The monoisotopic (exact) mass is 302 g/mol. The molecule has 1 atom stereocenters. The minimum Gasteiger partial charge on any atom is -0.497 e. The van der Waals surface area contributed by atoms with E-state index in [2.05, 4.69) is 5.32 Å². The lowest BCUT2D eigenvalue weighted by Gasteiger charge is -2.26. The topological polar surface area (TPSA) is 58.6 Å². The fourth-order valence-corrected chi connectivity index (χ4v) is 2.52. The number of carbonyl (C=O) groups excluding carboxylic acids is 2. The Morgan fingerprint density at radius 3 is 2.45 bits per heavy atom. The largest absolute Gasteiger partial charge is 0.497 e. The van der Waals surface area contributed by atoms with Crippen LogP contribution in [0.5, 0.6) is 5.75 Å². The molecule has 118 valence electrons. The lowest BCUT2D eigenvalue weighted by atomic mass is 9.93. The Bertz CT molecular complexity index is 546. The van der Waals surface area contributed by atoms with Gasteiger partial charge in [-0.1, -0.05) is 17.7 Å². The van der Waals surface area contributed by atoms with Crippen LogP contribution in [0, 0.1) is 0 Å². The average Bonchev–Trinajstić information content (AvgIpc) is 2.57. The molecule has 1 unspecified atom stereocenters. The van der Waals surface area contributed by atoms with E-state index >= 15 is 0 Å². The maximum atomic E-state index is 12.2. The maximum absolute atomic E-state index is 12.2. The molecule has 1 aromatic carbocycles. The van der Waals surface area contributed by atoms with E-state index in [-0.39, 0.29) is 5.91 Å². The molecule has 0 aliphatic carbocycles. The number of rotatable bonds is 5. The van der Waals surface area contributed by atoms with Crippen molar-refractivity contribution in [3.8, 4) is 5.75 Å². The van der Waals surface area contributed by atoms with Gasteiger partial charge in [0.2, 0.25) is 5.91 Å². The van der Waals surface area contributed by atoms with E-state index in [1.165, 1.54) is 0 Å². The molecule has 22 heavy (non-hydrogen) atoms. The fraction of sp³-hybridized carbons (Fsp3) is 0.412. The fourth-order valence-electron chi connectivity index (χ4n) is 2.52. The van der Waals surface area contributed by atoms with Gasteiger partial charge in [-0.3, -0.25) is 4.79 Å². The number of piperazine rings is 1. The molecule has 0 radical (unpaired) electrons. The lowest BCUT2D eigenvalue weighted by molar-refractivity contribution is -0.126. The summed E-state index contributed by atoms with van der Waals surface area (Å²) in [6.45, 7) is 4.86. The second-order valence-corrected chi connectivity index (χ2v) is 5.35. The number of carbonyl (C=O) groups is 2. The second-order valence-electron chi connectivity index (χ2n) is 5.35. The van der Waals surface area contributed by atoms with Crippen LogP contribution in [0.4, 0.5) is 0 Å². The molecule has 1 N–H and O–H groups in total. The summed E-state index contributed by atoms with van der Waals surface area (Å²) in [5.41, 5.74) is 1.61. The van der Waals surface area contributed by atoms with E-state index in [0.717, 1.165) is 36.3 Å². The predicted octanol–water partition coefficient (Wildman–Crippen LogP) is 1.36. The van der Waals surface area contributed by atoms with Crippen LogP contribution in [0.25, 0.3) is 0 Å². The van der Waals surface area contributed by atoms with Crippen LogP contribution in [-0.4, -0.2) is 50.4 Å².